The number of halogens is 1. The average Bonchev–Trinajstić information content (AvgIpc) is 2.05. The molecule has 0 aromatic rings. The van der Waals surface area contributed by atoms with Gasteiger partial charge in [0.1, 0.15) is 0 Å². The Labute approximate surface area is 80.1 Å². The molecule has 0 aliphatic rings. The lowest BCUT2D eigenvalue weighted by Gasteiger charge is -2.07. The summed E-state index contributed by atoms with van der Waals surface area (Å²) >= 11 is 5.74. The molecule has 0 aromatic carbocycles. The van der Waals surface area contributed by atoms with Crippen molar-refractivity contribution in [3.63, 3.8) is 0 Å². The summed E-state index contributed by atoms with van der Waals surface area (Å²) in [4.78, 5) is 0. The van der Waals surface area contributed by atoms with Gasteiger partial charge in [-0.15, -0.1) is 0 Å². The number of hydrogen-bond acceptors (Lipinski definition) is 1. The smallest absolute Gasteiger partial charge is 0.0744 e. The summed E-state index contributed by atoms with van der Waals surface area (Å²) in [6, 6.07) is 0. The highest BCUT2D eigenvalue weighted by Gasteiger charge is 1.97. The van der Waals surface area contributed by atoms with Crippen LogP contribution in [-0.2, 0) is 4.74 Å². The number of allylic oxidation sites excluding steroid dienone is 2. The zero-order chi connectivity index (χ0) is 9.40. The normalized spacial score (nSPS) is 14.4. The van der Waals surface area contributed by atoms with E-state index in [1.54, 1.807) is 6.08 Å². The molecule has 1 unspecified atom stereocenters. The Morgan fingerprint density at radius 2 is 2.33 bits per heavy atom. The van der Waals surface area contributed by atoms with E-state index < -0.39 is 0 Å². The van der Waals surface area contributed by atoms with Crippen molar-refractivity contribution in [1.82, 2.24) is 0 Å². The van der Waals surface area contributed by atoms with Crippen LogP contribution in [0, 0.1) is 0 Å². The third-order valence-corrected chi connectivity index (χ3v) is 1.75. The molecular formula is C10H17ClO. The molecule has 0 N–H and O–H groups in total. The Bertz CT molecular complexity index is 152. The number of rotatable bonds is 6. The van der Waals surface area contributed by atoms with Crippen LogP contribution in [-0.4, -0.2) is 12.7 Å². The van der Waals surface area contributed by atoms with Gasteiger partial charge in [-0.25, -0.2) is 0 Å². The monoisotopic (exact) mass is 188 g/mol. The number of unbranched alkanes of at least 4 members (excludes halogenated alkanes) is 1. The third kappa shape index (κ3) is 6.44. The van der Waals surface area contributed by atoms with Gasteiger partial charge in [-0.3, -0.25) is 0 Å². The zero-order valence-corrected chi connectivity index (χ0v) is 8.60. The summed E-state index contributed by atoms with van der Waals surface area (Å²) in [5.41, 5.74) is 0. The van der Waals surface area contributed by atoms with Crippen LogP contribution in [0.5, 0.6) is 0 Å². The van der Waals surface area contributed by atoms with Crippen molar-refractivity contribution < 1.29 is 4.74 Å². The summed E-state index contributed by atoms with van der Waals surface area (Å²) in [6.45, 7) is 8.47. The zero-order valence-electron chi connectivity index (χ0n) is 7.85. The Hall–Kier alpha value is -0.270. The standard InChI is InChI=1S/C10H17ClO/c1-4-6-7-12-9(3)8-10(11)5-2/h5,8-9H,2,4,6-7H2,1,3H3/b10-8-. The molecule has 0 fully saturated rings. The topological polar surface area (TPSA) is 9.23 Å². The van der Waals surface area contributed by atoms with E-state index in [-0.39, 0.29) is 6.10 Å². The van der Waals surface area contributed by atoms with Crippen LogP contribution in [0.15, 0.2) is 23.8 Å². The summed E-state index contributed by atoms with van der Waals surface area (Å²) in [7, 11) is 0. The highest BCUT2D eigenvalue weighted by atomic mass is 35.5. The fourth-order valence-corrected chi connectivity index (χ4v) is 0.931. The molecule has 1 atom stereocenters. The molecule has 0 aromatic heterocycles. The molecule has 0 amide bonds. The second kappa shape index (κ2) is 7.38. The summed E-state index contributed by atoms with van der Waals surface area (Å²) in [6.07, 6.45) is 5.81. The predicted octanol–water partition coefficient (Wildman–Crippen LogP) is 3.50. The average molecular weight is 189 g/mol. The van der Waals surface area contributed by atoms with Crippen molar-refractivity contribution in [3.8, 4) is 0 Å². The second-order valence-corrected chi connectivity index (χ2v) is 3.12. The molecule has 0 spiro atoms. The first-order valence-electron chi connectivity index (χ1n) is 4.32. The van der Waals surface area contributed by atoms with E-state index in [2.05, 4.69) is 13.5 Å². The molecule has 1 nitrogen and oxygen atoms in total. The Morgan fingerprint density at radius 1 is 1.67 bits per heavy atom. The van der Waals surface area contributed by atoms with Crippen molar-refractivity contribution in [2.24, 2.45) is 0 Å². The summed E-state index contributed by atoms with van der Waals surface area (Å²) in [5, 5.41) is 0.652. The first kappa shape index (κ1) is 11.7. The van der Waals surface area contributed by atoms with Gasteiger partial charge in [0, 0.05) is 11.6 Å². The molecule has 0 bridgehead atoms. The van der Waals surface area contributed by atoms with Crippen molar-refractivity contribution in [1.29, 1.82) is 0 Å². The summed E-state index contributed by atoms with van der Waals surface area (Å²) < 4.78 is 5.45. The van der Waals surface area contributed by atoms with Gasteiger partial charge < -0.3 is 4.74 Å². The minimum absolute atomic E-state index is 0.0852. The van der Waals surface area contributed by atoms with E-state index in [9.17, 15) is 0 Å². The molecular weight excluding hydrogens is 172 g/mol. The predicted molar refractivity (Wildman–Crippen MR) is 54.5 cm³/mol. The van der Waals surface area contributed by atoms with Crippen LogP contribution in [0.3, 0.4) is 0 Å². The van der Waals surface area contributed by atoms with Crippen LogP contribution in [0.25, 0.3) is 0 Å². The van der Waals surface area contributed by atoms with Crippen LogP contribution < -0.4 is 0 Å². The van der Waals surface area contributed by atoms with E-state index in [0.29, 0.717) is 5.03 Å². The maximum Gasteiger partial charge on any atom is 0.0744 e. The molecule has 70 valence electrons. The maximum atomic E-state index is 5.74. The molecule has 0 rings (SSSR count). The molecule has 2 heteroatoms. The first-order chi connectivity index (χ1) is 5.70. The molecule has 0 radical (unpaired) electrons. The Kier molecular flexibility index (Phi) is 7.22. The molecule has 0 saturated heterocycles. The second-order valence-electron chi connectivity index (χ2n) is 2.69. The van der Waals surface area contributed by atoms with Crippen LogP contribution in [0.4, 0.5) is 0 Å². The van der Waals surface area contributed by atoms with Crippen LogP contribution >= 0.6 is 11.6 Å². The quantitative estimate of drug-likeness (QED) is 0.458. The largest absolute Gasteiger partial charge is 0.374 e. The first-order valence-corrected chi connectivity index (χ1v) is 4.69. The minimum atomic E-state index is 0.0852. The lowest BCUT2D eigenvalue weighted by molar-refractivity contribution is 0.0949. The summed E-state index contributed by atoms with van der Waals surface area (Å²) in [5.74, 6) is 0. The van der Waals surface area contributed by atoms with Crippen LogP contribution in [0.1, 0.15) is 26.7 Å². The van der Waals surface area contributed by atoms with E-state index >= 15 is 0 Å². The fraction of sp³-hybridized carbons (Fsp3) is 0.600. The van der Waals surface area contributed by atoms with E-state index in [4.69, 9.17) is 16.3 Å². The lowest BCUT2D eigenvalue weighted by Crippen LogP contribution is -2.05. The van der Waals surface area contributed by atoms with E-state index in [1.165, 1.54) is 0 Å². The highest BCUT2D eigenvalue weighted by molar-refractivity contribution is 6.31. The van der Waals surface area contributed by atoms with Gasteiger partial charge in [-0.1, -0.05) is 37.6 Å². The van der Waals surface area contributed by atoms with Crippen molar-refractivity contribution in [2.45, 2.75) is 32.8 Å². The minimum Gasteiger partial charge on any atom is -0.374 e. The fourth-order valence-electron chi connectivity index (χ4n) is 0.754. The van der Waals surface area contributed by atoms with Crippen molar-refractivity contribution in [2.75, 3.05) is 6.61 Å². The molecule has 0 heterocycles. The van der Waals surface area contributed by atoms with E-state index in [0.717, 1.165) is 19.4 Å². The lowest BCUT2D eigenvalue weighted by atomic mass is 10.3. The van der Waals surface area contributed by atoms with Gasteiger partial charge in [-0.2, -0.15) is 0 Å². The van der Waals surface area contributed by atoms with E-state index in [1.807, 2.05) is 13.0 Å². The maximum absolute atomic E-state index is 5.74. The van der Waals surface area contributed by atoms with Gasteiger partial charge in [0.15, 0.2) is 0 Å². The van der Waals surface area contributed by atoms with Gasteiger partial charge >= 0.3 is 0 Å². The molecule has 0 aliphatic heterocycles. The number of hydrogen-bond donors (Lipinski definition) is 0. The SMILES string of the molecule is C=C/C(Cl)=C/C(C)OCCCC. The van der Waals surface area contributed by atoms with Crippen LogP contribution in [0.2, 0.25) is 0 Å². The van der Waals surface area contributed by atoms with Gasteiger partial charge in [0.2, 0.25) is 0 Å². The van der Waals surface area contributed by atoms with Crippen molar-refractivity contribution in [3.05, 3.63) is 23.8 Å². The van der Waals surface area contributed by atoms with Gasteiger partial charge in [0.25, 0.3) is 0 Å². The van der Waals surface area contributed by atoms with Gasteiger partial charge in [0.05, 0.1) is 6.10 Å². The molecule has 12 heavy (non-hydrogen) atoms. The molecule has 0 saturated carbocycles. The van der Waals surface area contributed by atoms with Crippen molar-refractivity contribution >= 4 is 11.6 Å². The Balaban J connectivity index is 3.58. The van der Waals surface area contributed by atoms with Gasteiger partial charge in [-0.05, 0) is 19.4 Å². The third-order valence-electron chi connectivity index (χ3n) is 1.47. The number of ether oxygens (including phenoxy) is 1. The Morgan fingerprint density at radius 3 is 2.83 bits per heavy atom. The highest BCUT2D eigenvalue weighted by Crippen LogP contribution is 2.06. The molecule has 0 aliphatic carbocycles.